The number of anilines is 1. The van der Waals surface area contributed by atoms with Crippen molar-refractivity contribution in [2.75, 3.05) is 11.9 Å². The molecule has 3 N–H and O–H groups in total. The summed E-state index contributed by atoms with van der Waals surface area (Å²) >= 11 is 0. The molecule has 5 nitrogen and oxygen atoms in total. The van der Waals surface area contributed by atoms with Gasteiger partial charge in [-0.2, -0.15) is 13.2 Å². The Bertz CT molecular complexity index is 515. The number of halogens is 3. The van der Waals surface area contributed by atoms with Gasteiger partial charge in [-0.15, -0.1) is 0 Å². The van der Waals surface area contributed by atoms with Gasteiger partial charge in [-0.3, -0.25) is 0 Å². The number of carbonyl (C=O) groups is 2. The van der Waals surface area contributed by atoms with Crippen LogP contribution in [0.15, 0.2) is 18.2 Å². The van der Waals surface area contributed by atoms with Crippen LogP contribution in [0.3, 0.4) is 0 Å². The molecule has 0 fully saturated rings. The lowest BCUT2D eigenvalue weighted by atomic mass is 10.1. The summed E-state index contributed by atoms with van der Waals surface area (Å²) in [5.41, 5.74) is 0.427. The lowest BCUT2D eigenvalue weighted by Crippen LogP contribution is -2.32. The number of aryl methyl sites for hydroxylation is 1. The summed E-state index contributed by atoms with van der Waals surface area (Å²) in [5, 5.41) is 13.2. The van der Waals surface area contributed by atoms with Crippen molar-refractivity contribution < 1.29 is 27.9 Å². The molecule has 2 amide bonds. The Hall–Kier alpha value is -2.25. The summed E-state index contributed by atoms with van der Waals surface area (Å²) in [6.07, 6.45) is -5.51. The molecule has 0 aromatic heterocycles. The minimum Gasteiger partial charge on any atom is -0.478 e. The van der Waals surface area contributed by atoms with E-state index < -0.39 is 31.1 Å². The van der Waals surface area contributed by atoms with Crippen molar-refractivity contribution in [3.63, 3.8) is 0 Å². The van der Waals surface area contributed by atoms with Gasteiger partial charge in [0.05, 0.1) is 17.7 Å². The first-order valence-corrected chi connectivity index (χ1v) is 5.65. The average Bonchev–Trinajstić information content (AvgIpc) is 2.29. The van der Waals surface area contributed by atoms with Gasteiger partial charge in [0.15, 0.2) is 0 Å². The molecule has 20 heavy (non-hydrogen) atoms. The number of carboxylic acid groups (broad SMARTS) is 1. The number of alkyl halides is 3. The van der Waals surface area contributed by atoms with Crippen LogP contribution in [-0.2, 0) is 0 Å². The van der Waals surface area contributed by atoms with Crippen LogP contribution in [0.5, 0.6) is 0 Å². The Morgan fingerprint density at radius 1 is 1.30 bits per heavy atom. The third kappa shape index (κ3) is 4.79. The van der Waals surface area contributed by atoms with Crippen LogP contribution < -0.4 is 10.6 Å². The number of para-hydroxylation sites is 1. The van der Waals surface area contributed by atoms with Crippen molar-refractivity contribution >= 4 is 17.7 Å². The van der Waals surface area contributed by atoms with E-state index in [4.69, 9.17) is 5.11 Å². The Morgan fingerprint density at radius 2 is 1.95 bits per heavy atom. The van der Waals surface area contributed by atoms with Crippen LogP contribution in [0.2, 0.25) is 0 Å². The fraction of sp³-hybridized carbons (Fsp3) is 0.333. The number of hydrogen-bond donors (Lipinski definition) is 3. The minimum atomic E-state index is -4.36. The second-order valence-corrected chi connectivity index (χ2v) is 4.05. The van der Waals surface area contributed by atoms with Crippen molar-refractivity contribution in [1.29, 1.82) is 0 Å². The van der Waals surface area contributed by atoms with Crippen LogP contribution in [0, 0.1) is 6.92 Å². The van der Waals surface area contributed by atoms with Gasteiger partial charge in [-0.1, -0.05) is 12.1 Å². The predicted octanol–water partition coefficient (Wildman–Crippen LogP) is 2.77. The standard InChI is InChI=1S/C12H13F3N2O3/c1-7-3-2-4-8(10(18)19)9(7)17-11(20)16-6-5-12(13,14)15/h2-4H,5-6H2,1H3,(H,18,19)(H2,16,17,20). The van der Waals surface area contributed by atoms with Gasteiger partial charge in [0.25, 0.3) is 0 Å². The highest BCUT2D eigenvalue weighted by atomic mass is 19.4. The second kappa shape index (κ2) is 6.27. The molecule has 0 saturated heterocycles. The van der Waals surface area contributed by atoms with Crippen molar-refractivity contribution in [1.82, 2.24) is 5.32 Å². The third-order valence-corrected chi connectivity index (χ3v) is 2.44. The summed E-state index contributed by atoms with van der Waals surface area (Å²) < 4.78 is 35.8. The molecular weight excluding hydrogens is 277 g/mol. The van der Waals surface area contributed by atoms with Crippen LogP contribution >= 0.6 is 0 Å². The van der Waals surface area contributed by atoms with E-state index in [2.05, 4.69) is 5.32 Å². The molecule has 0 heterocycles. The van der Waals surface area contributed by atoms with Crippen LogP contribution in [-0.4, -0.2) is 29.8 Å². The number of rotatable bonds is 4. The molecule has 0 saturated carbocycles. The highest BCUT2D eigenvalue weighted by Crippen LogP contribution is 2.21. The Morgan fingerprint density at radius 3 is 2.50 bits per heavy atom. The van der Waals surface area contributed by atoms with E-state index in [0.29, 0.717) is 5.56 Å². The van der Waals surface area contributed by atoms with Gasteiger partial charge in [0, 0.05) is 6.54 Å². The van der Waals surface area contributed by atoms with E-state index in [0.717, 1.165) is 0 Å². The maximum atomic E-state index is 11.9. The van der Waals surface area contributed by atoms with Crippen LogP contribution in [0.4, 0.5) is 23.7 Å². The molecule has 0 atom stereocenters. The summed E-state index contributed by atoms with van der Waals surface area (Å²) in [6, 6.07) is 3.50. The van der Waals surface area contributed by atoms with Gasteiger partial charge < -0.3 is 15.7 Å². The number of aromatic carboxylic acids is 1. The lowest BCUT2D eigenvalue weighted by Gasteiger charge is -2.13. The van der Waals surface area contributed by atoms with Crippen molar-refractivity contribution in [2.45, 2.75) is 19.5 Å². The molecular formula is C12H13F3N2O3. The number of hydrogen-bond acceptors (Lipinski definition) is 2. The van der Waals surface area contributed by atoms with E-state index >= 15 is 0 Å². The summed E-state index contributed by atoms with van der Waals surface area (Å²) in [4.78, 5) is 22.4. The summed E-state index contributed by atoms with van der Waals surface area (Å²) in [7, 11) is 0. The Labute approximate surface area is 112 Å². The largest absolute Gasteiger partial charge is 0.478 e. The molecule has 1 aromatic rings. The predicted molar refractivity (Wildman–Crippen MR) is 65.8 cm³/mol. The molecule has 0 unspecified atom stereocenters. The topological polar surface area (TPSA) is 78.4 Å². The molecule has 1 rings (SSSR count). The van der Waals surface area contributed by atoms with Gasteiger partial charge in [0.2, 0.25) is 0 Å². The number of carbonyl (C=O) groups excluding carboxylic acids is 1. The molecule has 0 aliphatic heterocycles. The van der Waals surface area contributed by atoms with E-state index in [-0.39, 0.29) is 11.3 Å². The maximum absolute atomic E-state index is 11.9. The number of urea groups is 1. The zero-order chi connectivity index (χ0) is 15.3. The average molecular weight is 290 g/mol. The minimum absolute atomic E-state index is 0.0597. The summed E-state index contributed by atoms with van der Waals surface area (Å²) in [6.45, 7) is 1.00. The highest BCUT2D eigenvalue weighted by Gasteiger charge is 2.26. The molecule has 0 radical (unpaired) electrons. The van der Waals surface area contributed by atoms with Crippen molar-refractivity contribution in [3.8, 4) is 0 Å². The third-order valence-electron chi connectivity index (χ3n) is 2.44. The maximum Gasteiger partial charge on any atom is 0.390 e. The van der Waals surface area contributed by atoms with E-state index in [1.807, 2.05) is 5.32 Å². The Kier molecular flexibility index (Phi) is 4.95. The first-order valence-electron chi connectivity index (χ1n) is 5.65. The molecule has 0 aliphatic carbocycles. The first kappa shape index (κ1) is 15.8. The molecule has 8 heteroatoms. The summed E-state index contributed by atoms with van der Waals surface area (Å²) in [5.74, 6) is -1.24. The van der Waals surface area contributed by atoms with Crippen molar-refractivity contribution in [2.24, 2.45) is 0 Å². The zero-order valence-electron chi connectivity index (χ0n) is 10.5. The monoisotopic (exact) mass is 290 g/mol. The van der Waals surface area contributed by atoms with Gasteiger partial charge in [0.1, 0.15) is 0 Å². The van der Waals surface area contributed by atoms with E-state index in [1.165, 1.54) is 12.1 Å². The zero-order valence-corrected chi connectivity index (χ0v) is 10.5. The fourth-order valence-electron chi connectivity index (χ4n) is 1.49. The Balaban J connectivity index is 2.69. The van der Waals surface area contributed by atoms with E-state index in [9.17, 15) is 22.8 Å². The molecule has 110 valence electrons. The number of carboxylic acids is 1. The SMILES string of the molecule is Cc1cccc(C(=O)O)c1NC(=O)NCCC(F)(F)F. The number of nitrogens with one attached hydrogen (secondary N) is 2. The quantitative estimate of drug-likeness (QED) is 0.797. The van der Waals surface area contributed by atoms with Gasteiger partial charge >= 0.3 is 18.2 Å². The van der Waals surface area contributed by atoms with E-state index in [1.54, 1.807) is 13.0 Å². The first-order chi connectivity index (χ1) is 9.20. The molecule has 0 bridgehead atoms. The second-order valence-electron chi connectivity index (χ2n) is 4.05. The lowest BCUT2D eigenvalue weighted by molar-refractivity contribution is -0.132. The number of benzene rings is 1. The smallest absolute Gasteiger partial charge is 0.390 e. The van der Waals surface area contributed by atoms with Gasteiger partial charge in [-0.05, 0) is 18.6 Å². The number of amides is 2. The highest BCUT2D eigenvalue weighted by molar-refractivity contribution is 6.00. The van der Waals surface area contributed by atoms with Gasteiger partial charge in [-0.25, -0.2) is 9.59 Å². The fourth-order valence-corrected chi connectivity index (χ4v) is 1.49. The molecule has 0 spiro atoms. The molecule has 0 aliphatic rings. The van der Waals surface area contributed by atoms with Crippen molar-refractivity contribution in [3.05, 3.63) is 29.3 Å². The normalized spacial score (nSPS) is 11.0. The van der Waals surface area contributed by atoms with Crippen LogP contribution in [0.1, 0.15) is 22.3 Å². The molecule has 1 aromatic carbocycles. The van der Waals surface area contributed by atoms with Crippen LogP contribution in [0.25, 0.3) is 0 Å².